The monoisotopic (exact) mass is 284 g/mol. The molecule has 0 aromatic heterocycles. The van der Waals surface area contributed by atoms with Crippen LogP contribution in [0.5, 0.6) is 0 Å². The van der Waals surface area contributed by atoms with Gasteiger partial charge in [-0.25, -0.2) is 8.42 Å². The number of hydrazine groups is 1. The number of nitrogens with two attached hydrogens (primary N) is 1. The molecule has 0 saturated heterocycles. The van der Waals surface area contributed by atoms with Crippen molar-refractivity contribution in [3.63, 3.8) is 0 Å². The Bertz CT molecular complexity index is 483. The Morgan fingerprint density at radius 1 is 1.26 bits per heavy atom. The van der Waals surface area contributed by atoms with E-state index in [-0.39, 0.29) is 6.04 Å². The van der Waals surface area contributed by atoms with Gasteiger partial charge in [0, 0.05) is 12.3 Å². The lowest BCUT2D eigenvalue weighted by atomic mass is 9.96. The van der Waals surface area contributed by atoms with Crippen LogP contribution >= 0.6 is 0 Å². The zero-order chi connectivity index (χ0) is 14.5. The number of nitrogens with one attached hydrogen (secondary N) is 1. The van der Waals surface area contributed by atoms with Crippen molar-refractivity contribution in [2.45, 2.75) is 43.9 Å². The lowest BCUT2D eigenvalue weighted by Crippen LogP contribution is -2.53. The molecule has 0 heterocycles. The van der Waals surface area contributed by atoms with Gasteiger partial charge >= 0.3 is 0 Å². The van der Waals surface area contributed by atoms with Gasteiger partial charge < -0.3 is 0 Å². The van der Waals surface area contributed by atoms with Crippen molar-refractivity contribution in [3.05, 3.63) is 35.9 Å². The molecule has 1 rings (SSSR count). The van der Waals surface area contributed by atoms with Crippen molar-refractivity contribution < 1.29 is 8.42 Å². The Kier molecular flexibility index (Phi) is 5.52. The van der Waals surface area contributed by atoms with Crippen molar-refractivity contribution in [3.8, 4) is 0 Å². The first-order chi connectivity index (χ1) is 8.79. The van der Waals surface area contributed by atoms with E-state index in [0.717, 1.165) is 19.3 Å². The van der Waals surface area contributed by atoms with Gasteiger partial charge in [-0.3, -0.25) is 11.3 Å². The zero-order valence-electron chi connectivity index (χ0n) is 11.9. The summed E-state index contributed by atoms with van der Waals surface area (Å²) in [6, 6.07) is 9.91. The molecule has 0 aliphatic carbocycles. The summed E-state index contributed by atoms with van der Waals surface area (Å²) in [5, 5.41) is 0. The maximum Gasteiger partial charge on any atom is 0.154 e. The fourth-order valence-electron chi connectivity index (χ4n) is 2.05. The van der Waals surface area contributed by atoms with Crippen molar-refractivity contribution in [1.82, 2.24) is 5.43 Å². The van der Waals surface area contributed by atoms with Gasteiger partial charge in [0.25, 0.3) is 0 Å². The molecule has 0 radical (unpaired) electrons. The molecular formula is C14H24N2O2S. The number of aryl methyl sites for hydroxylation is 1. The molecule has 4 nitrogen and oxygen atoms in total. The van der Waals surface area contributed by atoms with Crippen LogP contribution in [0.2, 0.25) is 0 Å². The van der Waals surface area contributed by atoms with E-state index in [2.05, 4.69) is 17.6 Å². The SMILES string of the molecule is CC(C)(C(CCCc1ccccc1)NN)S(C)(=O)=O. The van der Waals surface area contributed by atoms with E-state index < -0.39 is 14.6 Å². The number of rotatable bonds is 7. The second-order valence-electron chi connectivity index (χ2n) is 5.47. The Labute approximate surface area is 116 Å². The van der Waals surface area contributed by atoms with Crippen LogP contribution in [0, 0.1) is 0 Å². The number of sulfone groups is 1. The van der Waals surface area contributed by atoms with E-state index in [1.165, 1.54) is 11.8 Å². The third kappa shape index (κ3) is 4.30. The van der Waals surface area contributed by atoms with E-state index >= 15 is 0 Å². The average Bonchev–Trinajstić information content (AvgIpc) is 2.34. The zero-order valence-corrected chi connectivity index (χ0v) is 12.7. The van der Waals surface area contributed by atoms with Crippen molar-refractivity contribution in [2.24, 2.45) is 5.84 Å². The Balaban J connectivity index is 2.59. The molecule has 0 saturated carbocycles. The summed E-state index contributed by atoms with van der Waals surface area (Å²) < 4.78 is 22.7. The highest BCUT2D eigenvalue weighted by atomic mass is 32.2. The van der Waals surface area contributed by atoms with E-state index in [9.17, 15) is 8.42 Å². The molecule has 1 atom stereocenters. The van der Waals surface area contributed by atoms with Gasteiger partial charge in [0.15, 0.2) is 9.84 Å². The largest absolute Gasteiger partial charge is 0.271 e. The first kappa shape index (κ1) is 16.1. The lowest BCUT2D eigenvalue weighted by molar-refractivity contribution is 0.386. The highest BCUT2D eigenvalue weighted by Gasteiger charge is 2.37. The minimum absolute atomic E-state index is 0.244. The highest BCUT2D eigenvalue weighted by molar-refractivity contribution is 7.92. The van der Waals surface area contributed by atoms with E-state index in [1.54, 1.807) is 13.8 Å². The molecular weight excluding hydrogens is 260 g/mol. The summed E-state index contributed by atoms with van der Waals surface area (Å²) in [5.74, 6) is 5.52. The van der Waals surface area contributed by atoms with Gasteiger partial charge in [-0.15, -0.1) is 0 Å². The maximum atomic E-state index is 11.8. The van der Waals surface area contributed by atoms with Crippen LogP contribution in [0.3, 0.4) is 0 Å². The van der Waals surface area contributed by atoms with Crippen LogP contribution in [0.4, 0.5) is 0 Å². The van der Waals surface area contributed by atoms with Gasteiger partial charge in [0.05, 0.1) is 4.75 Å². The predicted molar refractivity (Wildman–Crippen MR) is 79.4 cm³/mol. The van der Waals surface area contributed by atoms with Gasteiger partial charge in [0.1, 0.15) is 0 Å². The van der Waals surface area contributed by atoms with Crippen LogP contribution in [0.25, 0.3) is 0 Å². The van der Waals surface area contributed by atoms with E-state index in [0.29, 0.717) is 0 Å². The standard InChI is InChI=1S/C14H24N2O2S/c1-14(2,19(3,17)18)13(16-15)11-7-10-12-8-5-4-6-9-12/h4-6,8-9,13,16H,7,10-11,15H2,1-3H3. The predicted octanol–water partition coefficient (Wildman–Crippen LogP) is 1.66. The molecule has 0 aliphatic rings. The topological polar surface area (TPSA) is 72.2 Å². The first-order valence-electron chi connectivity index (χ1n) is 6.48. The maximum absolute atomic E-state index is 11.8. The fraction of sp³-hybridized carbons (Fsp3) is 0.571. The van der Waals surface area contributed by atoms with Crippen LogP contribution in [0.15, 0.2) is 30.3 Å². The molecule has 0 spiro atoms. The van der Waals surface area contributed by atoms with Crippen molar-refractivity contribution >= 4 is 9.84 Å². The Morgan fingerprint density at radius 2 is 1.84 bits per heavy atom. The Hall–Kier alpha value is -0.910. The molecule has 0 bridgehead atoms. The molecule has 0 amide bonds. The van der Waals surface area contributed by atoms with Crippen LogP contribution < -0.4 is 11.3 Å². The average molecular weight is 284 g/mol. The summed E-state index contributed by atoms with van der Waals surface area (Å²) in [6.45, 7) is 3.44. The number of hydrogen-bond donors (Lipinski definition) is 2. The highest BCUT2D eigenvalue weighted by Crippen LogP contribution is 2.23. The van der Waals surface area contributed by atoms with Crippen LogP contribution in [-0.4, -0.2) is 25.5 Å². The molecule has 1 unspecified atom stereocenters. The van der Waals surface area contributed by atoms with Crippen LogP contribution in [0.1, 0.15) is 32.3 Å². The van der Waals surface area contributed by atoms with Crippen molar-refractivity contribution in [1.29, 1.82) is 0 Å². The molecule has 1 aromatic rings. The van der Waals surface area contributed by atoms with Crippen LogP contribution in [-0.2, 0) is 16.3 Å². The van der Waals surface area contributed by atoms with E-state index in [1.807, 2.05) is 18.2 Å². The fourth-order valence-corrected chi connectivity index (χ4v) is 2.75. The van der Waals surface area contributed by atoms with Gasteiger partial charge in [-0.1, -0.05) is 30.3 Å². The number of benzene rings is 1. The normalized spacial score (nSPS) is 14.3. The second kappa shape index (κ2) is 6.50. The minimum Gasteiger partial charge on any atom is -0.271 e. The molecule has 5 heteroatoms. The molecule has 1 aromatic carbocycles. The molecule has 0 fully saturated rings. The van der Waals surface area contributed by atoms with Gasteiger partial charge in [-0.2, -0.15) is 0 Å². The van der Waals surface area contributed by atoms with Gasteiger partial charge in [0.2, 0.25) is 0 Å². The number of hydrogen-bond acceptors (Lipinski definition) is 4. The summed E-state index contributed by atoms with van der Waals surface area (Å²) in [6.07, 6.45) is 3.82. The molecule has 0 aliphatic heterocycles. The lowest BCUT2D eigenvalue weighted by Gasteiger charge is -2.32. The molecule has 108 valence electrons. The van der Waals surface area contributed by atoms with Gasteiger partial charge in [-0.05, 0) is 38.7 Å². The summed E-state index contributed by atoms with van der Waals surface area (Å²) >= 11 is 0. The van der Waals surface area contributed by atoms with Crippen molar-refractivity contribution in [2.75, 3.05) is 6.26 Å². The quantitative estimate of drug-likeness (QED) is 0.590. The first-order valence-corrected chi connectivity index (χ1v) is 8.38. The Morgan fingerprint density at radius 3 is 2.32 bits per heavy atom. The summed E-state index contributed by atoms with van der Waals surface area (Å²) in [7, 11) is -3.15. The molecule has 19 heavy (non-hydrogen) atoms. The molecule has 3 N–H and O–H groups in total. The second-order valence-corrected chi connectivity index (χ2v) is 8.07. The van der Waals surface area contributed by atoms with E-state index in [4.69, 9.17) is 5.84 Å². The third-order valence-electron chi connectivity index (χ3n) is 3.80. The summed E-state index contributed by atoms with van der Waals surface area (Å²) in [4.78, 5) is 0. The third-order valence-corrected chi connectivity index (χ3v) is 5.99. The minimum atomic E-state index is -3.15. The smallest absolute Gasteiger partial charge is 0.154 e. The summed E-state index contributed by atoms with van der Waals surface area (Å²) in [5.41, 5.74) is 3.92.